The van der Waals surface area contributed by atoms with E-state index in [0.29, 0.717) is 0 Å². The molecule has 0 saturated heterocycles. The van der Waals surface area contributed by atoms with Crippen molar-refractivity contribution in [3.63, 3.8) is 0 Å². The van der Waals surface area contributed by atoms with Crippen molar-refractivity contribution in [3.8, 4) is 16.9 Å². The molecule has 0 spiro atoms. The number of ether oxygens (including phenoxy) is 1. The monoisotopic (exact) mass is 1160 g/mol. The number of rotatable bonds is 26. The second-order valence-corrected chi connectivity index (χ2v) is 32.9. The molecule has 14 heteroatoms. The van der Waals surface area contributed by atoms with Crippen molar-refractivity contribution in [2.45, 2.75) is 114 Å². The zero-order chi connectivity index (χ0) is 60.2. The fraction of sp³-hybridized carbons (Fsp3) is 0.314. The SMILES string of the molecule is C[C@@H](C(=O)C[C@@H](Cc1ccc(O[Si](C)(C)C)cc1)C(=O)O[Si](C)(C)C)N(C)C(=O)[C@H](Cc1ccccc1)N(C)C(=O)[C@H](CCC(=O)CC(c1ccccc1)(c1ccccc1)c1ccccc1)NC(=O)OCC1c2ccccc2-c2ccccc21. The van der Waals surface area contributed by atoms with Crippen LogP contribution in [0.5, 0.6) is 5.75 Å². The molecule has 7 aromatic carbocycles. The molecule has 0 aliphatic heterocycles. The standard InChI is InChI=1S/C70H79N3O9Si2/c1-49(65(75)46-52(68(78)82-84(7,8)9)44-51-38-41-57(42-39-51)81-83(4,5)6)72(2)67(77)64(45-50-26-14-10-15-27-50)73(3)66(76)63(71-69(79)80-48-62-60-36-24-22-34-58(60)59-35-23-25-37-61(59)62)43-40-56(74)47-70(53-28-16-11-17-29-53,54-30-18-12-19-31-54)55-32-20-13-21-33-55/h10-39,41-42,49,52,62-64H,40,43-48H2,1-9H3,(H,71,79)/t49-,52+,63-,64-/m0/s1. The quantitative estimate of drug-likeness (QED) is 0.0413. The van der Waals surface area contributed by atoms with Crippen LogP contribution in [-0.2, 0) is 51.4 Å². The highest BCUT2D eigenvalue weighted by molar-refractivity contribution is 6.71. The summed E-state index contributed by atoms with van der Waals surface area (Å²) in [5.74, 6) is -2.53. The van der Waals surface area contributed by atoms with Gasteiger partial charge in [-0.05, 0) is 121 Å². The molecule has 3 amide bonds. The number of Topliss-reactive ketones (excluding diaryl/α,β-unsaturated/α-hetero) is 2. The van der Waals surface area contributed by atoms with Crippen LogP contribution in [0.15, 0.2) is 194 Å². The number of hydrogen-bond donors (Lipinski definition) is 1. The lowest BCUT2D eigenvalue weighted by Crippen LogP contribution is -2.57. The average molecular weight is 1160 g/mol. The maximum atomic E-state index is 15.4. The van der Waals surface area contributed by atoms with Crippen LogP contribution in [0.1, 0.15) is 77.5 Å². The predicted molar refractivity (Wildman–Crippen MR) is 336 cm³/mol. The van der Waals surface area contributed by atoms with Crippen molar-refractivity contribution in [1.82, 2.24) is 15.1 Å². The number of hydrogen-bond acceptors (Lipinski definition) is 9. The summed E-state index contributed by atoms with van der Waals surface area (Å²) < 4.78 is 18.2. The van der Waals surface area contributed by atoms with Crippen LogP contribution in [0.4, 0.5) is 4.79 Å². The zero-order valence-electron chi connectivity index (χ0n) is 49.9. The number of nitrogens with zero attached hydrogens (tertiary/aromatic N) is 2. The van der Waals surface area contributed by atoms with Gasteiger partial charge in [0.1, 0.15) is 30.2 Å². The average Bonchev–Trinajstić information content (AvgIpc) is 3.98. The molecule has 0 radical (unpaired) electrons. The van der Waals surface area contributed by atoms with Gasteiger partial charge in [-0.2, -0.15) is 0 Å². The summed E-state index contributed by atoms with van der Waals surface area (Å²) in [7, 11) is -1.22. The van der Waals surface area contributed by atoms with Gasteiger partial charge in [0.15, 0.2) is 5.78 Å². The second kappa shape index (κ2) is 27.5. The Morgan fingerprint density at radius 3 is 1.54 bits per heavy atom. The first-order chi connectivity index (χ1) is 40.1. The first-order valence-electron chi connectivity index (χ1n) is 29.0. The Morgan fingerprint density at radius 1 is 0.560 bits per heavy atom. The molecule has 1 aliphatic rings. The summed E-state index contributed by atoms with van der Waals surface area (Å²) in [5.41, 5.74) is 7.55. The fourth-order valence-electron chi connectivity index (χ4n) is 11.3. The number of amides is 3. The molecular formula is C70H79N3O9Si2. The highest BCUT2D eigenvalue weighted by Crippen LogP contribution is 2.45. The van der Waals surface area contributed by atoms with Crippen molar-refractivity contribution in [3.05, 3.63) is 233 Å². The first-order valence-corrected chi connectivity index (χ1v) is 35.8. The molecule has 4 atom stereocenters. The summed E-state index contributed by atoms with van der Waals surface area (Å²) in [6, 6.07) is 59.0. The van der Waals surface area contributed by atoms with Gasteiger partial charge in [-0.25, -0.2) is 4.79 Å². The molecule has 0 fully saturated rings. The predicted octanol–water partition coefficient (Wildman–Crippen LogP) is 13.0. The Morgan fingerprint density at radius 2 is 1.04 bits per heavy atom. The second-order valence-electron chi connectivity index (χ2n) is 24.0. The third kappa shape index (κ3) is 15.5. The molecule has 0 bridgehead atoms. The number of alkyl carbamates (subject to hydrolysis) is 1. The summed E-state index contributed by atoms with van der Waals surface area (Å²) in [6.45, 7) is 13.6. The van der Waals surface area contributed by atoms with Crippen molar-refractivity contribution >= 4 is 52.1 Å². The lowest BCUT2D eigenvalue weighted by atomic mass is 9.66. The van der Waals surface area contributed by atoms with E-state index in [1.165, 1.54) is 23.9 Å². The summed E-state index contributed by atoms with van der Waals surface area (Å²) >= 11 is 0. The largest absolute Gasteiger partial charge is 0.544 e. The molecule has 436 valence electrons. The smallest absolute Gasteiger partial charge is 0.407 e. The van der Waals surface area contributed by atoms with Gasteiger partial charge in [0, 0.05) is 45.7 Å². The molecule has 1 N–H and O–H groups in total. The Hall–Kier alpha value is -8.21. The topological polar surface area (TPSA) is 149 Å². The number of nitrogens with one attached hydrogen (secondary N) is 1. The summed E-state index contributed by atoms with van der Waals surface area (Å²) in [5, 5.41) is 2.86. The molecule has 0 heterocycles. The van der Waals surface area contributed by atoms with Crippen molar-refractivity contribution in [2.75, 3.05) is 20.7 Å². The van der Waals surface area contributed by atoms with Gasteiger partial charge in [-0.1, -0.05) is 182 Å². The van der Waals surface area contributed by atoms with Crippen LogP contribution in [0.2, 0.25) is 39.3 Å². The van der Waals surface area contributed by atoms with Crippen LogP contribution in [0.3, 0.4) is 0 Å². The van der Waals surface area contributed by atoms with Crippen LogP contribution >= 0.6 is 0 Å². The molecule has 12 nitrogen and oxygen atoms in total. The highest BCUT2D eigenvalue weighted by Gasteiger charge is 2.41. The number of carbonyl (C=O) groups excluding carboxylic acids is 6. The van der Waals surface area contributed by atoms with Gasteiger partial charge in [0.05, 0.1) is 17.4 Å². The molecule has 1 aliphatic carbocycles. The third-order valence-corrected chi connectivity index (χ3v) is 17.4. The number of carbonyl (C=O) groups is 6. The van der Waals surface area contributed by atoms with Crippen molar-refractivity contribution in [2.24, 2.45) is 5.92 Å². The van der Waals surface area contributed by atoms with E-state index in [-0.39, 0.29) is 62.6 Å². The van der Waals surface area contributed by atoms with Crippen molar-refractivity contribution in [1.29, 1.82) is 0 Å². The summed E-state index contributed by atoms with van der Waals surface area (Å²) in [4.78, 5) is 91.0. The zero-order valence-corrected chi connectivity index (χ0v) is 51.9. The lowest BCUT2D eigenvalue weighted by Gasteiger charge is -2.36. The number of benzene rings is 7. The minimum atomic E-state index is -2.38. The van der Waals surface area contributed by atoms with E-state index in [9.17, 15) is 19.2 Å². The van der Waals surface area contributed by atoms with E-state index in [1.807, 2.05) is 214 Å². The van der Waals surface area contributed by atoms with Gasteiger partial charge >= 0.3 is 6.09 Å². The number of ketones is 2. The van der Waals surface area contributed by atoms with Gasteiger partial charge in [0.2, 0.25) is 28.4 Å². The van der Waals surface area contributed by atoms with Gasteiger partial charge < -0.3 is 28.7 Å². The highest BCUT2D eigenvalue weighted by atomic mass is 28.4. The lowest BCUT2D eigenvalue weighted by molar-refractivity contribution is -0.148. The van der Waals surface area contributed by atoms with Crippen molar-refractivity contribution < 1.29 is 42.4 Å². The van der Waals surface area contributed by atoms with Crippen LogP contribution in [0.25, 0.3) is 11.1 Å². The maximum Gasteiger partial charge on any atom is 0.407 e. The number of fused-ring (bicyclic) bond motifs is 3. The van der Waals surface area contributed by atoms with Gasteiger partial charge in [-0.15, -0.1) is 0 Å². The molecular weight excluding hydrogens is 1080 g/mol. The molecule has 0 aromatic heterocycles. The minimum absolute atomic E-state index is 0.0220. The van der Waals surface area contributed by atoms with Crippen LogP contribution in [-0.4, -0.2) is 101 Å². The Kier molecular flexibility index (Phi) is 20.2. The van der Waals surface area contributed by atoms with Gasteiger partial charge in [-0.3, -0.25) is 24.0 Å². The molecule has 84 heavy (non-hydrogen) atoms. The van der Waals surface area contributed by atoms with E-state index >= 15 is 9.59 Å². The molecule has 8 rings (SSSR count). The van der Waals surface area contributed by atoms with Gasteiger partial charge in [0.25, 0.3) is 5.97 Å². The van der Waals surface area contributed by atoms with E-state index in [1.54, 1.807) is 6.92 Å². The Balaban J connectivity index is 1.07. The fourth-order valence-corrected chi connectivity index (χ4v) is 13.0. The van der Waals surface area contributed by atoms with E-state index in [2.05, 4.69) is 25.0 Å². The molecule has 7 aromatic rings. The first kappa shape index (κ1) is 61.9. The van der Waals surface area contributed by atoms with E-state index in [4.69, 9.17) is 13.6 Å². The van der Waals surface area contributed by atoms with E-state index in [0.717, 1.165) is 55.8 Å². The molecule has 0 unspecified atom stereocenters. The maximum absolute atomic E-state index is 15.4. The Bertz CT molecular complexity index is 3240. The van der Waals surface area contributed by atoms with E-state index < -0.39 is 70.0 Å². The number of likely N-dealkylation sites (N-methyl/N-ethyl adjacent to an activating group) is 2. The minimum Gasteiger partial charge on any atom is -0.544 e. The van der Waals surface area contributed by atoms with Crippen LogP contribution < -0.4 is 9.74 Å². The summed E-state index contributed by atoms with van der Waals surface area (Å²) in [6.07, 6.45) is -0.984. The third-order valence-electron chi connectivity index (χ3n) is 15.7. The normalized spacial score (nSPS) is 13.7. The molecule has 0 saturated carbocycles. The van der Waals surface area contributed by atoms with Crippen LogP contribution in [0, 0.1) is 5.92 Å². The Labute approximate surface area is 497 Å².